The molecule has 1 aliphatic rings. The van der Waals surface area contributed by atoms with Crippen molar-refractivity contribution < 1.29 is 4.39 Å². The van der Waals surface area contributed by atoms with Gasteiger partial charge in [0, 0.05) is 26.2 Å². The Bertz CT molecular complexity index is 409. The molecule has 6 heteroatoms. The molecule has 1 aromatic carbocycles. The number of hydrogen-bond donors (Lipinski definition) is 1. The minimum atomic E-state index is -0.369. The van der Waals surface area contributed by atoms with Crippen LogP contribution in [0.5, 0.6) is 0 Å². The maximum Gasteiger partial charge on any atom is 0.142 e. The Hall–Kier alpha value is -0.320. The van der Waals surface area contributed by atoms with Gasteiger partial charge in [0.15, 0.2) is 0 Å². The lowest BCUT2D eigenvalue weighted by atomic mass is 10.0. The molecule has 0 spiro atoms. The van der Waals surface area contributed by atoms with Crippen LogP contribution in [0.25, 0.3) is 0 Å². The van der Waals surface area contributed by atoms with Crippen LogP contribution in [0.2, 0.25) is 5.02 Å². The van der Waals surface area contributed by atoms with Crippen LogP contribution in [0, 0.1) is 5.82 Å². The quantitative estimate of drug-likeness (QED) is 0.855. The van der Waals surface area contributed by atoms with E-state index in [0.717, 1.165) is 31.7 Å². The minimum absolute atomic E-state index is 0. The number of piperazine rings is 1. The number of halogens is 4. The van der Waals surface area contributed by atoms with E-state index < -0.39 is 0 Å². The fourth-order valence-corrected chi connectivity index (χ4v) is 2.27. The van der Waals surface area contributed by atoms with Crippen LogP contribution in [0.1, 0.15) is 11.6 Å². The first kappa shape index (κ1) is 18.7. The van der Waals surface area contributed by atoms with Gasteiger partial charge in [0.1, 0.15) is 5.82 Å². The van der Waals surface area contributed by atoms with Crippen molar-refractivity contribution in [2.45, 2.75) is 6.04 Å². The molecule has 1 fully saturated rings. The summed E-state index contributed by atoms with van der Waals surface area (Å²) in [6.07, 6.45) is 1.86. The van der Waals surface area contributed by atoms with Gasteiger partial charge < -0.3 is 5.32 Å². The van der Waals surface area contributed by atoms with Gasteiger partial charge >= 0.3 is 0 Å². The van der Waals surface area contributed by atoms with Crippen molar-refractivity contribution in [3.05, 3.63) is 47.3 Å². The van der Waals surface area contributed by atoms with Crippen LogP contribution >= 0.6 is 36.4 Å². The van der Waals surface area contributed by atoms with Crippen LogP contribution in [0.3, 0.4) is 0 Å². The van der Waals surface area contributed by atoms with Crippen LogP contribution in [0.15, 0.2) is 30.9 Å². The predicted octanol–water partition coefficient (Wildman–Crippen LogP) is 3.46. The molecule has 1 atom stereocenters. The molecule has 0 unspecified atom stereocenters. The third-order valence-electron chi connectivity index (χ3n) is 3.05. The fourth-order valence-electron chi connectivity index (χ4n) is 2.15. The van der Waals surface area contributed by atoms with Crippen LogP contribution < -0.4 is 5.32 Å². The predicted molar refractivity (Wildman–Crippen MR) is 83.3 cm³/mol. The molecule has 19 heavy (non-hydrogen) atoms. The lowest BCUT2D eigenvalue weighted by molar-refractivity contribution is 0.203. The highest BCUT2D eigenvalue weighted by Crippen LogP contribution is 2.25. The van der Waals surface area contributed by atoms with Gasteiger partial charge in [-0.1, -0.05) is 23.7 Å². The summed E-state index contributed by atoms with van der Waals surface area (Å²) in [5.41, 5.74) is 0.906. The molecule has 0 amide bonds. The first-order valence-electron chi connectivity index (χ1n) is 5.74. The van der Waals surface area contributed by atoms with Crippen molar-refractivity contribution in [2.75, 3.05) is 26.2 Å². The highest BCUT2D eigenvalue weighted by Gasteiger charge is 2.20. The Morgan fingerprint density at radius 3 is 2.47 bits per heavy atom. The van der Waals surface area contributed by atoms with E-state index in [9.17, 15) is 4.39 Å². The molecule has 0 radical (unpaired) electrons. The maximum atomic E-state index is 13.4. The Morgan fingerprint density at radius 2 is 1.95 bits per heavy atom. The van der Waals surface area contributed by atoms with Gasteiger partial charge in [-0.3, -0.25) is 4.90 Å². The average molecular weight is 328 g/mol. The van der Waals surface area contributed by atoms with Gasteiger partial charge in [0.2, 0.25) is 0 Å². The van der Waals surface area contributed by atoms with E-state index in [2.05, 4.69) is 16.8 Å². The van der Waals surface area contributed by atoms with Gasteiger partial charge in [-0.15, -0.1) is 31.4 Å². The standard InChI is InChI=1S/C13H16ClFN2.2ClH/c1-2-13(17-7-5-16-6-8-17)10-3-4-11(14)12(15)9-10;;/h2-4,9,13,16H,1,5-8H2;2*1H/t13-;;/m1../s1. The zero-order valence-electron chi connectivity index (χ0n) is 10.4. The third kappa shape index (κ3) is 4.62. The fraction of sp³-hybridized carbons (Fsp3) is 0.385. The molecule has 2 nitrogen and oxygen atoms in total. The second kappa shape index (κ2) is 8.77. The number of rotatable bonds is 3. The van der Waals surface area contributed by atoms with Crippen LogP contribution in [-0.2, 0) is 0 Å². The zero-order valence-corrected chi connectivity index (χ0v) is 12.8. The number of hydrogen-bond acceptors (Lipinski definition) is 2. The normalized spacial score (nSPS) is 16.9. The number of nitrogens with one attached hydrogen (secondary N) is 1. The first-order valence-corrected chi connectivity index (χ1v) is 6.12. The maximum absolute atomic E-state index is 13.4. The van der Waals surface area contributed by atoms with Crippen LogP contribution in [-0.4, -0.2) is 31.1 Å². The molecule has 1 aromatic rings. The van der Waals surface area contributed by atoms with E-state index in [4.69, 9.17) is 11.6 Å². The smallest absolute Gasteiger partial charge is 0.142 e. The molecule has 0 saturated carbocycles. The average Bonchev–Trinajstić information content (AvgIpc) is 2.36. The Morgan fingerprint density at radius 1 is 1.32 bits per heavy atom. The highest BCUT2D eigenvalue weighted by atomic mass is 35.5. The summed E-state index contributed by atoms with van der Waals surface area (Å²) in [6, 6.07) is 5.02. The second-order valence-corrected chi connectivity index (χ2v) is 4.55. The van der Waals surface area contributed by atoms with Crippen LogP contribution in [0.4, 0.5) is 4.39 Å². The lowest BCUT2D eigenvalue weighted by Gasteiger charge is -2.33. The summed E-state index contributed by atoms with van der Waals surface area (Å²) in [5, 5.41) is 3.46. The highest BCUT2D eigenvalue weighted by molar-refractivity contribution is 6.30. The first-order chi connectivity index (χ1) is 8.22. The van der Waals surface area contributed by atoms with Gasteiger partial charge in [-0.05, 0) is 17.7 Å². The van der Waals surface area contributed by atoms with E-state index in [1.807, 2.05) is 12.1 Å². The molecule has 1 aliphatic heterocycles. The Balaban J connectivity index is 0.00000162. The second-order valence-electron chi connectivity index (χ2n) is 4.14. The van der Waals surface area contributed by atoms with E-state index in [1.165, 1.54) is 6.07 Å². The topological polar surface area (TPSA) is 15.3 Å². The van der Waals surface area contributed by atoms with Crippen molar-refractivity contribution in [3.8, 4) is 0 Å². The van der Waals surface area contributed by atoms with E-state index >= 15 is 0 Å². The molecular formula is C13H18Cl3FN2. The summed E-state index contributed by atoms with van der Waals surface area (Å²) in [7, 11) is 0. The molecule has 1 heterocycles. The zero-order chi connectivity index (χ0) is 12.3. The SMILES string of the molecule is C=C[C@H](c1ccc(Cl)c(F)c1)N1CCNCC1.Cl.Cl. The van der Waals surface area contributed by atoms with E-state index in [1.54, 1.807) is 6.07 Å². The van der Waals surface area contributed by atoms with Crippen molar-refractivity contribution in [1.82, 2.24) is 10.2 Å². The van der Waals surface area contributed by atoms with Gasteiger partial charge in [0.05, 0.1) is 11.1 Å². The van der Waals surface area contributed by atoms with Crippen molar-refractivity contribution in [2.24, 2.45) is 0 Å². The Kier molecular flexibility index (Phi) is 8.62. The molecule has 1 saturated heterocycles. The van der Waals surface area contributed by atoms with Crippen molar-refractivity contribution in [3.63, 3.8) is 0 Å². The minimum Gasteiger partial charge on any atom is -0.314 e. The largest absolute Gasteiger partial charge is 0.314 e. The summed E-state index contributed by atoms with van der Waals surface area (Å²) in [6.45, 7) is 7.66. The van der Waals surface area contributed by atoms with Gasteiger partial charge in [-0.2, -0.15) is 0 Å². The third-order valence-corrected chi connectivity index (χ3v) is 3.36. The summed E-state index contributed by atoms with van der Waals surface area (Å²) in [5.74, 6) is -0.369. The summed E-state index contributed by atoms with van der Waals surface area (Å²) in [4.78, 5) is 2.28. The molecule has 0 bridgehead atoms. The summed E-state index contributed by atoms with van der Waals surface area (Å²) < 4.78 is 13.4. The van der Waals surface area contributed by atoms with Gasteiger partial charge in [-0.25, -0.2) is 4.39 Å². The van der Waals surface area contributed by atoms with E-state index in [0.29, 0.717) is 0 Å². The van der Waals surface area contributed by atoms with Crippen molar-refractivity contribution in [1.29, 1.82) is 0 Å². The molecule has 0 aromatic heterocycles. The molecular weight excluding hydrogens is 310 g/mol. The molecule has 0 aliphatic carbocycles. The van der Waals surface area contributed by atoms with Gasteiger partial charge in [0.25, 0.3) is 0 Å². The molecule has 1 N–H and O–H groups in total. The number of benzene rings is 1. The molecule has 2 rings (SSSR count). The lowest BCUT2D eigenvalue weighted by Crippen LogP contribution is -2.44. The van der Waals surface area contributed by atoms with E-state index in [-0.39, 0.29) is 41.7 Å². The Labute approximate surface area is 130 Å². The van der Waals surface area contributed by atoms with Crippen molar-refractivity contribution >= 4 is 36.4 Å². The monoisotopic (exact) mass is 326 g/mol. The molecule has 108 valence electrons. The summed E-state index contributed by atoms with van der Waals surface area (Å²) >= 11 is 5.69. The number of nitrogens with zero attached hydrogens (tertiary/aromatic N) is 1.